The Morgan fingerprint density at radius 1 is 1.42 bits per heavy atom. The van der Waals surface area contributed by atoms with E-state index < -0.39 is 29.2 Å². The van der Waals surface area contributed by atoms with E-state index in [0.29, 0.717) is 11.3 Å². The number of nitrogens with zero attached hydrogens (tertiary/aromatic N) is 5. The third-order valence-electron chi connectivity index (χ3n) is 6.09. The van der Waals surface area contributed by atoms with E-state index in [1.165, 1.54) is 11.8 Å². The molecule has 0 spiro atoms. The third kappa shape index (κ3) is 4.59. The fraction of sp³-hybridized carbons (Fsp3) is 0.304. The second-order valence-corrected chi connectivity index (χ2v) is 10.4. The van der Waals surface area contributed by atoms with Crippen LogP contribution in [0.3, 0.4) is 0 Å². The first-order chi connectivity index (χ1) is 18.3. The zero-order chi connectivity index (χ0) is 27.0. The molecule has 4 N–H and O–H groups in total. The lowest BCUT2D eigenvalue weighted by Gasteiger charge is -2.50. The van der Waals surface area contributed by atoms with E-state index >= 15 is 0 Å². The number of hydrogen-bond donors (Lipinski definition) is 3. The molecule has 3 aromatic rings. The van der Waals surface area contributed by atoms with Crippen LogP contribution >= 0.6 is 23.1 Å². The minimum Gasteiger partial charge on any atom is -0.543 e. The summed E-state index contributed by atoms with van der Waals surface area (Å²) in [6.45, 7) is 1.98. The molecule has 1 saturated heterocycles. The number of carbonyl (C=O) groups is 3. The number of β-lactam (4-membered cyclic amide) rings is 1. The van der Waals surface area contributed by atoms with Crippen molar-refractivity contribution in [3.63, 3.8) is 0 Å². The quantitative estimate of drug-likeness (QED) is 0.124. The van der Waals surface area contributed by atoms with Crippen LogP contribution in [-0.2, 0) is 32.4 Å². The molecule has 2 amide bonds. The van der Waals surface area contributed by atoms with Crippen molar-refractivity contribution in [2.45, 2.75) is 31.5 Å². The van der Waals surface area contributed by atoms with Gasteiger partial charge in [0.2, 0.25) is 0 Å². The molecule has 15 heteroatoms. The largest absolute Gasteiger partial charge is 0.543 e. The van der Waals surface area contributed by atoms with Gasteiger partial charge < -0.3 is 35.3 Å². The Morgan fingerprint density at radius 2 is 2.24 bits per heavy atom. The number of nitrogen functional groups attached to an aromatic ring is 1. The van der Waals surface area contributed by atoms with Gasteiger partial charge in [-0.15, -0.1) is 23.1 Å². The molecule has 1 fully saturated rings. The number of thioether (sulfide) groups is 1. The molecule has 3 aromatic heterocycles. The predicted octanol–water partition coefficient (Wildman–Crippen LogP) is -1.40. The number of rotatable bonds is 9. The second-order valence-electron chi connectivity index (χ2n) is 8.42. The molecule has 0 aliphatic carbocycles. The number of carboxylic acid groups (broad SMARTS) is 1. The molecule has 2 atom stereocenters. The second kappa shape index (κ2) is 10.4. The summed E-state index contributed by atoms with van der Waals surface area (Å²) in [6, 6.07) is 0.830. The fourth-order valence-corrected chi connectivity index (χ4v) is 6.21. The maximum Gasteiger partial charge on any atom is 0.276 e. The zero-order valence-electron chi connectivity index (χ0n) is 20.1. The van der Waals surface area contributed by atoms with Gasteiger partial charge in [-0.05, 0) is 13.0 Å². The molecule has 38 heavy (non-hydrogen) atoms. The Morgan fingerprint density at radius 3 is 2.92 bits per heavy atom. The normalized spacial score (nSPS) is 19.4. The molecule has 0 saturated carbocycles. The van der Waals surface area contributed by atoms with Crippen molar-refractivity contribution >= 4 is 57.2 Å². The smallest absolute Gasteiger partial charge is 0.276 e. The van der Waals surface area contributed by atoms with Gasteiger partial charge in [-0.1, -0.05) is 5.16 Å². The van der Waals surface area contributed by atoms with Gasteiger partial charge >= 0.3 is 0 Å². The highest BCUT2D eigenvalue weighted by atomic mass is 32.2. The van der Waals surface area contributed by atoms with Crippen LogP contribution in [-0.4, -0.2) is 66.7 Å². The Kier molecular flexibility index (Phi) is 7.05. The Balaban J connectivity index is 1.36. The lowest BCUT2D eigenvalue weighted by molar-refractivity contribution is -0.688. The third-order valence-corrected chi connectivity index (χ3v) is 8.10. The zero-order valence-corrected chi connectivity index (χ0v) is 21.7. The Labute approximate surface area is 224 Å². The van der Waals surface area contributed by atoms with Crippen molar-refractivity contribution in [1.29, 1.82) is 0 Å². The van der Waals surface area contributed by atoms with Crippen LogP contribution in [0.25, 0.3) is 5.52 Å². The van der Waals surface area contributed by atoms with Crippen LogP contribution in [0.4, 0.5) is 5.13 Å². The summed E-state index contributed by atoms with van der Waals surface area (Å²) >= 11 is 2.46. The average molecular weight is 558 g/mol. The molecule has 0 bridgehead atoms. The fourth-order valence-electron chi connectivity index (χ4n) is 4.32. The lowest BCUT2D eigenvalue weighted by Crippen LogP contribution is -2.71. The minimum absolute atomic E-state index is 0.132. The number of aromatic nitrogens is 3. The van der Waals surface area contributed by atoms with Crippen LogP contribution in [0.2, 0.25) is 0 Å². The van der Waals surface area contributed by atoms with Gasteiger partial charge in [0.25, 0.3) is 11.8 Å². The van der Waals surface area contributed by atoms with E-state index in [-0.39, 0.29) is 42.0 Å². The van der Waals surface area contributed by atoms with Gasteiger partial charge in [-0.25, -0.2) is 4.98 Å². The van der Waals surface area contributed by atoms with E-state index in [4.69, 9.17) is 10.6 Å². The highest BCUT2D eigenvalue weighted by Crippen LogP contribution is 2.40. The molecule has 0 unspecified atom stereocenters. The summed E-state index contributed by atoms with van der Waals surface area (Å²) in [5.74, 6) is -2.43. The van der Waals surface area contributed by atoms with Crippen LogP contribution in [0.15, 0.2) is 52.7 Å². The van der Waals surface area contributed by atoms with E-state index in [1.807, 2.05) is 10.6 Å². The number of amides is 2. The van der Waals surface area contributed by atoms with Gasteiger partial charge in [-0.3, -0.25) is 14.5 Å². The van der Waals surface area contributed by atoms with Gasteiger partial charge in [0.05, 0.1) is 24.5 Å². The SMILES string of the molecule is CCO/N=C(\C(=O)N[C@@H]1C(=O)N2C(C(=O)[O-])=C(C[n+]3ccn4ccc(CO)c4c3)CS[C@@H]12)c1csc(N)n1. The number of nitrogens with two attached hydrogens (primary N) is 1. The molecule has 0 radical (unpaired) electrons. The van der Waals surface area contributed by atoms with Crippen molar-refractivity contribution in [2.24, 2.45) is 5.16 Å². The van der Waals surface area contributed by atoms with Gasteiger partial charge in [-0.2, -0.15) is 4.57 Å². The van der Waals surface area contributed by atoms with Crippen molar-refractivity contribution < 1.29 is 34.0 Å². The van der Waals surface area contributed by atoms with Crippen LogP contribution in [0.1, 0.15) is 18.2 Å². The Hall–Kier alpha value is -3.95. The topological polar surface area (TPSA) is 179 Å². The van der Waals surface area contributed by atoms with E-state index in [0.717, 1.165) is 27.3 Å². The van der Waals surface area contributed by atoms with Crippen LogP contribution in [0.5, 0.6) is 0 Å². The summed E-state index contributed by atoms with van der Waals surface area (Å²) in [4.78, 5) is 48.5. The first-order valence-corrected chi connectivity index (χ1v) is 13.4. The van der Waals surface area contributed by atoms with Gasteiger partial charge in [0, 0.05) is 28.5 Å². The number of carbonyl (C=O) groups excluding carboxylic acids is 3. The molecule has 198 valence electrons. The van der Waals surface area contributed by atoms with E-state index in [2.05, 4.69) is 15.5 Å². The van der Waals surface area contributed by atoms with Crippen molar-refractivity contribution in [2.75, 3.05) is 18.1 Å². The first kappa shape index (κ1) is 25.7. The number of aliphatic hydroxyl groups excluding tert-OH is 1. The van der Waals surface area contributed by atoms with Crippen LogP contribution in [0, 0.1) is 0 Å². The lowest BCUT2D eigenvalue weighted by atomic mass is 10.0. The number of hydrogen-bond acceptors (Lipinski definition) is 11. The molecule has 5 heterocycles. The summed E-state index contributed by atoms with van der Waals surface area (Å²) < 4.78 is 3.63. The van der Waals surface area contributed by atoms with Gasteiger partial charge in [0.1, 0.15) is 29.2 Å². The number of anilines is 1. The molecular weight excluding hydrogens is 534 g/mol. The Bertz CT molecular complexity index is 1500. The maximum absolute atomic E-state index is 13.1. The monoisotopic (exact) mass is 557 g/mol. The number of aliphatic carboxylic acids is 1. The summed E-state index contributed by atoms with van der Waals surface area (Å²) in [5.41, 5.74) is 7.55. The molecular formula is C23H23N7O6S2. The molecule has 2 aliphatic heterocycles. The first-order valence-electron chi connectivity index (χ1n) is 11.5. The van der Waals surface area contributed by atoms with Gasteiger partial charge in [0.15, 0.2) is 29.8 Å². The molecule has 13 nitrogen and oxygen atoms in total. The molecule has 5 rings (SSSR count). The number of thiazole rings is 1. The number of aliphatic hydroxyl groups is 1. The van der Waals surface area contributed by atoms with E-state index in [1.54, 1.807) is 41.5 Å². The molecule has 2 aliphatic rings. The maximum atomic E-state index is 13.1. The number of nitrogens with one attached hydrogen (secondary N) is 1. The van der Waals surface area contributed by atoms with Crippen molar-refractivity contribution in [3.05, 3.63) is 58.8 Å². The summed E-state index contributed by atoms with van der Waals surface area (Å²) in [6.07, 6.45) is 7.19. The van der Waals surface area contributed by atoms with Crippen LogP contribution < -0.4 is 20.7 Å². The molecule has 0 aromatic carbocycles. The summed E-state index contributed by atoms with van der Waals surface area (Å²) in [7, 11) is 0. The number of fused-ring (bicyclic) bond motifs is 2. The van der Waals surface area contributed by atoms with Crippen molar-refractivity contribution in [1.82, 2.24) is 19.6 Å². The minimum atomic E-state index is -1.47. The van der Waals surface area contributed by atoms with Crippen molar-refractivity contribution in [3.8, 4) is 0 Å². The number of carboxylic acids is 1. The van der Waals surface area contributed by atoms with E-state index in [9.17, 15) is 24.6 Å². The predicted molar refractivity (Wildman–Crippen MR) is 135 cm³/mol. The highest BCUT2D eigenvalue weighted by Gasteiger charge is 2.53. The highest BCUT2D eigenvalue weighted by molar-refractivity contribution is 8.00. The average Bonchev–Trinajstić information content (AvgIpc) is 3.52. The standard InChI is InChI=1S/C23H23N7O6S2/c1-2-36-27-16(14-11-38-23(24)25-14)19(32)26-17-20(33)30-18(22(34)35)13(10-37-21(17)30)7-28-5-6-29-4-3-12(9-31)15(29)8-28/h3-6,8,11,17,21,31H,2,7,9-10H2,1H3,(H3-,24,25,26,32,34,35)/b27-16-/t17-,21+/m1/s1. The number of oxime groups is 1. The summed E-state index contributed by atoms with van der Waals surface area (Å²) in [5, 5.41) is 29.3.